The number of hydrogen-bond donors (Lipinski definition) is 0. The molecule has 0 saturated carbocycles. The quantitative estimate of drug-likeness (QED) is 0.778. The highest BCUT2D eigenvalue weighted by molar-refractivity contribution is 9.10. The van der Waals surface area contributed by atoms with E-state index < -0.39 is 9.05 Å². The van der Waals surface area contributed by atoms with Crippen LogP contribution in [0.15, 0.2) is 21.8 Å². The maximum atomic E-state index is 10.8. The number of hydrogen-bond acceptors (Lipinski definition) is 4. The molecule has 0 N–H and O–H groups in total. The van der Waals surface area contributed by atoms with Crippen LogP contribution >= 0.6 is 26.6 Å². The Labute approximate surface area is 88.4 Å². The lowest BCUT2D eigenvalue weighted by atomic mass is 10.5. The van der Waals surface area contributed by atoms with Crippen molar-refractivity contribution in [1.29, 1.82) is 0 Å². The van der Waals surface area contributed by atoms with Gasteiger partial charge in [0, 0.05) is 22.9 Å². The minimum absolute atomic E-state index is 0.228. The third kappa shape index (κ3) is 2.55. The van der Waals surface area contributed by atoms with E-state index in [9.17, 15) is 8.42 Å². The molecule has 0 aliphatic rings. The van der Waals surface area contributed by atoms with Crippen LogP contribution in [-0.4, -0.2) is 20.5 Å². The second kappa shape index (κ2) is 3.81. The van der Waals surface area contributed by atoms with Crippen LogP contribution in [0, 0.1) is 0 Å². The van der Waals surface area contributed by atoms with Gasteiger partial charge in [-0.25, -0.2) is 13.4 Å². The number of nitrogens with zero attached hydrogens (tertiary/aromatic N) is 1. The number of rotatable bonds is 2. The zero-order chi connectivity index (χ0) is 10.1. The van der Waals surface area contributed by atoms with E-state index >= 15 is 0 Å². The van der Waals surface area contributed by atoms with Gasteiger partial charge in [0.1, 0.15) is 5.75 Å². The molecule has 0 aromatic carbocycles. The molecule has 0 atom stereocenters. The Morgan fingerprint density at radius 3 is 2.69 bits per heavy atom. The maximum absolute atomic E-state index is 10.8. The number of aromatic nitrogens is 1. The molecule has 1 aromatic heterocycles. The van der Waals surface area contributed by atoms with Gasteiger partial charge in [0.2, 0.25) is 0 Å². The minimum Gasteiger partial charge on any atom is -0.495 e. The van der Waals surface area contributed by atoms with Crippen molar-refractivity contribution < 1.29 is 13.2 Å². The first kappa shape index (κ1) is 10.7. The Bertz CT molecular complexity index is 420. The fourth-order valence-electron chi connectivity index (χ4n) is 0.692. The Kier molecular flexibility index (Phi) is 3.15. The van der Waals surface area contributed by atoms with E-state index in [-0.39, 0.29) is 5.03 Å². The molecular weight excluding hydrogens is 281 g/mol. The molecule has 72 valence electrons. The third-order valence-corrected chi connectivity index (χ3v) is 3.06. The first-order valence-corrected chi connectivity index (χ1v) is 6.19. The van der Waals surface area contributed by atoms with E-state index in [2.05, 4.69) is 20.9 Å². The van der Waals surface area contributed by atoms with Gasteiger partial charge >= 0.3 is 0 Å². The molecule has 0 fully saturated rings. The molecule has 4 nitrogen and oxygen atoms in total. The molecule has 0 aliphatic heterocycles. The molecule has 0 saturated heterocycles. The summed E-state index contributed by atoms with van der Waals surface area (Å²) >= 11 is 3.13. The van der Waals surface area contributed by atoms with E-state index in [0.29, 0.717) is 10.2 Å². The summed E-state index contributed by atoms with van der Waals surface area (Å²) in [6, 6.07) is 1.24. The van der Waals surface area contributed by atoms with Gasteiger partial charge in [0.15, 0.2) is 5.03 Å². The summed E-state index contributed by atoms with van der Waals surface area (Å²) in [7, 11) is 2.71. The lowest BCUT2D eigenvalue weighted by Gasteiger charge is -2.02. The number of ether oxygens (including phenoxy) is 1. The Morgan fingerprint density at radius 2 is 2.23 bits per heavy atom. The molecule has 0 amide bonds. The van der Waals surface area contributed by atoms with Gasteiger partial charge in [-0.2, -0.15) is 0 Å². The summed E-state index contributed by atoms with van der Waals surface area (Å²) in [5, 5.41) is -0.228. The van der Waals surface area contributed by atoms with Crippen molar-refractivity contribution in [3.8, 4) is 5.75 Å². The minimum atomic E-state index is -3.79. The van der Waals surface area contributed by atoms with Crippen molar-refractivity contribution in [3.63, 3.8) is 0 Å². The van der Waals surface area contributed by atoms with E-state index in [1.165, 1.54) is 19.4 Å². The highest BCUT2D eigenvalue weighted by Crippen LogP contribution is 2.26. The molecule has 0 bridgehead atoms. The van der Waals surface area contributed by atoms with Crippen LogP contribution in [0.4, 0.5) is 0 Å². The first-order chi connectivity index (χ1) is 5.95. The maximum Gasteiger partial charge on any atom is 0.278 e. The van der Waals surface area contributed by atoms with Crippen molar-refractivity contribution in [2.24, 2.45) is 0 Å². The normalized spacial score (nSPS) is 11.3. The molecule has 1 rings (SSSR count). The molecule has 0 radical (unpaired) electrons. The van der Waals surface area contributed by atoms with Gasteiger partial charge in [-0.15, -0.1) is 0 Å². The van der Waals surface area contributed by atoms with Crippen LogP contribution in [0.25, 0.3) is 0 Å². The fraction of sp³-hybridized carbons (Fsp3) is 0.167. The van der Waals surface area contributed by atoms with E-state index in [0.717, 1.165) is 0 Å². The Hall–Kier alpha value is -0.330. The van der Waals surface area contributed by atoms with Gasteiger partial charge < -0.3 is 4.74 Å². The smallest absolute Gasteiger partial charge is 0.278 e. The van der Waals surface area contributed by atoms with Crippen molar-refractivity contribution in [2.75, 3.05) is 7.11 Å². The molecular formula is C6H5BrClNO3S. The molecule has 0 aliphatic carbocycles. The summed E-state index contributed by atoms with van der Waals surface area (Å²) in [6.45, 7) is 0. The second-order valence-electron chi connectivity index (χ2n) is 2.09. The second-order valence-corrected chi connectivity index (χ2v) is 5.46. The molecule has 13 heavy (non-hydrogen) atoms. The average molecular weight is 287 g/mol. The van der Waals surface area contributed by atoms with Gasteiger partial charge in [-0.05, 0) is 15.9 Å². The lowest BCUT2D eigenvalue weighted by Crippen LogP contribution is -1.96. The van der Waals surface area contributed by atoms with Gasteiger partial charge in [-0.1, -0.05) is 0 Å². The van der Waals surface area contributed by atoms with Crippen LogP contribution in [0.1, 0.15) is 0 Å². The Balaban J connectivity index is 3.30. The van der Waals surface area contributed by atoms with Crippen molar-refractivity contribution in [2.45, 2.75) is 5.03 Å². The molecule has 0 unspecified atom stereocenters. The largest absolute Gasteiger partial charge is 0.495 e. The van der Waals surface area contributed by atoms with E-state index in [4.69, 9.17) is 15.4 Å². The summed E-state index contributed by atoms with van der Waals surface area (Å²) < 4.78 is 27.1. The summed E-state index contributed by atoms with van der Waals surface area (Å²) in [5.41, 5.74) is 0. The topological polar surface area (TPSA) is 56.3 Å². The van der Waals surface area contributed by atoms with Gasteiger partial charge in [0.05, 0.1) is 11.6 Å². The molecule has 1 heterocycles. The number of pyridine rings is 1. The van der Waals surface area contributed by atoms with Crippen molar-refractivity contribution >= 4 is 35.7 Å². The van der Waals surface area contributed by atoms with Gasteiger partial charge in [0.25, 0.3) is 9.05 Å². The highest BCUT2D eigenvalue weighted by atomic mass is 79.9. The van der Waals surface area contributed by atoms with Crippen LogP contribution in [0.2, 0.25) is 0 Å². The van der Waals surface area contributed by atoms with Gasteiger partial charge in [-0.3, -0.25) is 0 Å². The fourth-order valence-corrected chi connectivity index (χ4v) is 1.75. The van der Waals surface area contributed by atoms with Crippen molar-refractivity contribution in [3.05, 3.63) is 16.7 Å². The van der Waals surface area contributed by atoms with E-state index in [1.807, 2.05) is 0 Å². The first-order valence-electron chi connectivity index (χ1n) is 3.09. The summed E-state index contributed by atoms with van der Waals surface area (Å²) in [4.78, 5) is 3.61. The third-order valence-electron chi connectivity index (χ3n) is 1.26. The molecule has 7 heteroatoms. The molecule has 1 aromatic rings. The van der Waals surface area contributed by atoms with Crippen LogP contribution in [0.3, 0.4) is 0 Å². The monoisotopic (exact) mass is 285 g/mol. The predicted molar refractivity (Wildman–Crippen MR) is 51.5 cm³/mol. The van der Waals surface area contributed by atoms with E-state index in [1.54, 1.807) is 0 Å². The standard InChI is InChI=1S/C6H5BrClNO3S/c1-12-5-2-6(13(8,10)11)9-3-4(5)7/h2-3H,1H3. The van der Waals surface area contributed by atoms with Crippen molar-refractivity contribution in [1.82, 2.24) is 4.98 Å². The molecule has 0 spiro atoms. The van der Waals surface area contributed by atoms with Crippen LogP contribution in [-0.2, 0) is 9.05 Å². The predicted octanol–water partition coefficient (Wildman–Crippen LogP) is 1.78. The van der Waals surface area contributed by atoms with Crippen LogP contribution in [0.5, 0.6) is 5.75 Å². The summed E-state index contributed by atoms with van der Waals surface area (Å²) in [6.07, 6.45) is 1.31. The number of methoxy groups -OCH3 is 1. The van der Waals surface area contributed by atoms with Crippen LogP contribution < -0.4 is 4.74 Å². The SMILES string of the molecule is COc1cc(S(=O)(=O)Cl)ncc1Br. The Morgan fingerprint density at radius 1 is 1.62 bits per heavy atom. The summed E-state index contributed by atoms with van der Waals surface area (Å²) in [5.74, 6) is 0.370. The number of halogens is 2. The average Bonchev–Trinajstić information content (AvgIpc) is 2.03. The lowest BCUT2D eigenvalue weighted by molar-refractivity contribution is 0.409. The zero-order valence-electron chi connectivity index (χ0n) is 6.49. The zero-order valence-corrected chi connectivity index (χ0v) is 9.65. The highest BCUT2D eigenvalue weighted by Gasteiger charge is 2.14.